The van der Waals surface area contributed by atoms with Gasteiger partial charge in [-0.2, -0.15) is 0 Å². The fourth-order valence-electron chi connectivity index (χ4n) is 4.23. The monoisotopic (exact) mass is 367 g/mol. The van der Waals surface area contributed by atoms with Gasteiger partial charge in [0.05, 0.1) is 22.3 Å². The van der Waals surface area contributed by atoms with Crippen molar-refractivity contribution in [3.63, 3.8) is 0 Å². The highest BCUT2D eigenvalue weighted by molar-refractivity contribution is 7.85. The van der Waals surface area contributed by atoms with Crippen molar-refractivity contribution < 1.29 is 28.3 Å². The Morgan fingerprint density at radius 2 is 1.88 bits per heavy atom. The number of Topliss-reactive ketones (excluding diaryl/α,β-unsaturated/α-hetero) is 1. The van der Waals surface area contributed by atoms with E-state index in [4.69, 9.17) is 0 Å². The molecule has 3 N–H and O–H groups in total. The van der Waals surface area contributed by atoms with Crippen LogP contribution in [0.2, 0.25) is 0 Å². The summed E-state index contributed by atoms with van der Waals surface area (Å²) in [6.45, 7) is 3.83. The van der Waals surface area contributed by atoms with E-state index in [1.54, 1.807) is 0 Å². The van der Waals surface area contributed by atoms with Gasteiger partial charge in [-0.1, -0.05) is 44.2 Å². The van der Waals surface area contributed by atoms with Crippen LogP contribution in [0.3, 0.4) is 0 Å². The van der Waals surface area contributed by atoms with Crippen LogP contribution in [-0.4, -0.2) is 30.4 Å². The number of ketones is 1. The summed E-state index contributed by atoms with van der Waals surface area (Å²) in [4.78, 5) is 22.3. The molecule has 1 aromatic carbocycles. The highest BCUT2D eigenvalue weighted by Crippen LogP contribution is 2.64. The van der Waals surface area contributed by atoms with Gasteiger partial charge in [-0.15, -0.1) is 0 Å². The lowest BCUT2D eigenvalue weighted by molar-refractivity contribution is -0.304. The van der Waals surface area contributed by atoms with E-state index in [0.29, 0.717) is 19.3 Å². The average molecular weight is 367 g/mol. The molecular formula is C18H25NO5S. The summed E-state index contributed by atoms with van der Waals surface area (Å²) in [6.07, 6.45) is 2.32. The Labute approximate surface area is 148 Å². The third-order valence-corrected chi connectivity index (χ3v) is 6.65. The number of hydrogen-bond acceptors (Lipinski definition) is 5. The van der Waals surface area contributed by atoms with E-state index in [9.17, 15) is 22.6 Å². The Morgan fingerprint density at radius 1 is 1.28 bits per heavy atom. The largest absolute Gasteiger partial charge is 0.748 e. The molecule has 2 bridgehead atoms. The zero-order valence-electron chi connectivity index (χ0n) is 14.7. The van der Waals surface area contributed by atoms with Crippen molar-refractivity contribution >= 4 is 21.8 Å². The third-order valence-electron chi connectivity index (χ3n) is 5.81. The lowest BCUT2D eigenvalue weighted by Gasteiger charge is -2.37. The first-order chi connectivity index (χ1) is 11.5. The zero-order valence-corrected chi connectivity index (χ0v) is 15.5. The third kappa shape index (κ3) is 4.16. The van der Waals surface area contributed by atoms with Crippen LogP contribution in [-0.2, 0) is 26.1 Å². The second kappa shape index (κ2) is 6.97. The first-order valence-electron chi connectivity index (χ1n) is 8.33. The summed E-state index contributed by atoms with van der Waals surface area (Å²) in [5.74, 6) is -0.316. The highest BCUT2D eigenvalue weighted by atomic mass is 32.2. The van der Waals surface area contributed by atoms with Crippen LogP contribution in [0.1, 0.15) is 38.7 Å². The number of quaternary nitrogens is 1. The second-order valence-electron chi connectivity index (χ2n) is 7.57. The first kappa shape index (κ1) is 19.8. The lowest BCUT2D eigenvalue weighted by Crippen LogP contribution is -2.57. The predicted molar refractivity (Wildman–Crippen MR) is 91.2 cm³/mol. The molecule has 138 valence electrons. The van der Waals surface area contributed by atoms with Crippen LogP contribution < -0.4 is 5.73 Å². The van der Waals surface area contributed by atoms with E-state index in [2.05, 4.69) is 5.73 Å². The van der Waals surface area contributed by atoms with E-state index >= 15 is 0 Å². The van der Waals surface area contributed by atoms with Gasteiger partial charge in [0, 0.05) is 11.8 Å². The highest BCUT2D eigenvalue weighted by Gasteiger charge is 2.64. The van der Waals surface area contributed by atoms with Crippen molar-refractivity contribution in [1.29, 1.82) is 0 Å². The minimum atomic E-state index is -4.33. The zero-order chi connectivity index (χ0) is 18.9. The molecule has 25 heavy (non-hydrogen) atoms. The minimum absolute atomic E-state index is 0.0248. The van der Waals surface area contributed by atoms with Gasteiger partial charge in [0.25, 0.3) is 0 Å². The van der Waals surface area contributed by atoms with Gasteiger partial charge < -0.3 is 4.55 Å². The molecule has 2 aliphatic rings. The molecule has 0 heterocycles. The van der Waals surface area contributed by atoms with E-state index in [1.807, 2.05) is 44.2 Å². The van der Waals surface area contributed by atoms with E-state index in [0.717, 1.165) is 12.0 Å². The van der Waals surface area contributed by atoms with Crippen LogP contribution in [0, 0.1) is 16.7 Å². The number of benzene rings is 1. The molecule has 1 aromatic rings. The van der Waals surface area contributed by atoms with Crippen molar-refractivity contribution in [3.8, 4) is 0 Å². The summed E-state index contributed by atoms with van der Waals surface area (Å²) < 4.78 is 32.7. The standard InChI is InChI=1S/C10H16O4S.C8H9NO/c1-9(2)7-3-4-10(9,8(11)5-7)6-15(12,13)14;9-8(10)6-7-4-2-1-3-5-7/h7H,3-6H2,1-2H3,(H,12,13,14);1-5H,6H2,(H2,9,10)/t7?,10-;/m1./s1. The Kier molecular flexibility index (Phi) is 5.51. The van der Waals surface area contributed by atoms with E-state index in [-0.39, 0.29) is 23.0 Å². The number of hydrogen-bond donors (Lipinski definition) is 1. The van der Waals surface area contributed by atoms with Crippen LogP contribution >= 0.6 is 0 Å². The Hall–Kier alpha value is -1.57. The Morgan fingerprint density at radius 3 is 2.28 bits per heavy atom. The fraction of sp³-hybridized carbons (Fsp3) is 0.556. The molecule has 3 rings (SSSR count). The molecule has 7 heteroatoms. The molecule has 0 spiro atoms. The van der Waals surface area contributed by atoms with Gasteiger partial charge in [-0.3, -0.25) is 10.5 Å². The van der Waals surface area contributed by atoms with Crippen molar-refractivity contribution in [2.24, 2.45) is 16.7 Å². The number of fused-ring (bicyclic) bond motifs is 2. The fourth-order valence-corrected chi connectivity index (χ4v) is 5.51. The second-order valence-corrected chi connectivity index (χ2v) is 8.97. The summed E-state index contributed by atoms with van der Waals surface area (Å²) in [5, 5.41) is 0. The van der Waals surface area contributed by atoms with E-state index < -0.39 is 21.3 Å². The maximum atomic E-state index is 11.8. The molecule has 2 atom stereocenters. The Balaban J connectivity index is 0.000000196. The normalized spacial score (nSPS) is 26.9. The quantitative estimate of drug-likeness (QED) is 0.794. The van der Waals surface area contributed by atoms with Crippen LogP contribution in [0.25, 0.3) is 0 Å². The van der Waals surface area contributed by atoms with Crippen LogP contribution in [0.15, 0.2) is 30.3 Å². The summed E-state index contributed by atoms with van der Waals surface area (Å²) in [6, 6.07) is 9.60. The average Bonchev–Trinajstić information content (AvgIpc) is 2.80. The lowest BCUT2D eigenvalue weighted by atomic mass is 9.70. The molecule has 2 saturated carbocycles. The maximum absolute atomic E-state index is 11.8. The van der Waals surface area contributed by atoms with Crippen molar-refractivity contribution in [2.45, 2.75) is 39.5 Å². The van der Waals surface area contributed by atoms with Crippen molar-refractivity contribution in [1.82, 2.24) is 0 Å². The number of rotatable bonds is 4. The minimum Gasteiger partial charge on any atom is -0.748 e. The van der Waals surface area contributed by atoms with Gasteiger partial charge in [-0.25, -0.2) is 13.2 Å². The molecule has 2 fully saturated rings. The number of carbonyl (C=O) groups is 2. The molecule has 2 aliphatic carbocycles. The molecule has 1 amide bonds. The van der Waals surface area contributed by atoms with Gasteiger partial charge in [0.2, 0.25) is 0 Å². The van der Waals surface area contributed by atoms with Gasteiger partial charge >= 0.3 is 5.91 Å². The molecule has 0 aromatic heterocycles. The van der Waals surface area contributed by atoms with Crippen LogP contribution in [0.5, 0.6) is 0 Å². The molecule has 1 unspecified atom stereocenters. The Bertz CT molecular complexity index is 757. The molecule has 0 radical (unpaired) electrons. The summed E-state index contributed by atoms with van der Waals surface area (Å²) >= 11 is 0. The van der Waals surface area contributed by atoms with Gasteiger partial charge in [0.1, 0.15) is 5.78 Å². The molecule has 0 saturated heterocycles. The summed E-state index contributed by atoms with van der Waals surface area (Å²) in [7, 11) is -4.33. The molecule has 0 aliphatic heterocycles. The smallest absolute Gasteiger partial charge is 0.313 e. The molecular weight excluding hydrogens is 342 g/mol. The van der Waals surface area contributed by atoms with Gasteiger partial charge in [-0.05, 0) is 29.7 Å². The summed E-state index contributed by atoms with van der Waals surface area (Å²) in [5.41, 5.74) is 3.10. The number of carbonyl (C=O) groups excluding carboxylic acids is 2. The first-order valence-corrected chi connectivity index (χ1v) is 9.91. The SMILES string of the molecule is CC1(C)C2CC[C@@]1(CS(=O)(=O)[O-])C(=O)C2.[NH3+]C(=O)Cc1ccccc1. The maximum Gasteiger partial charge on any atom is 0.313 e. The predicted octanol–water partition coefficient (Wildman–Crippen LogP) is 0.925. The van der Waals surface area contributed by atoms with Crippen molar-refractivity contribution in [3.05, 3.63) is 35.9 Å². The topological polar surface area (TPSA) is 119 Å². The van der Waals surface area contributed by atoms with Gasteiger partial charge in [0.15, 0.2) is 0 Å². The number of amides is 1. The molecule has 6 nitrogen and oxygen atoms in total. The van der Waals surface area contributed by atoms with Crippen molar-refractivity contribution in [2.75, 3.05) is 5.75 Å². The van der Waals surface area contributed by atoms with E-state index in [1.165, 1.54) is 0 Å². The van der Waals surface area contributed by atoms with Crippen LogP contribution in [0.4, 0.5) is 0 Å².